The minimum atomic E-state index is -2.93. The summed E-state index contributed by atoms with van der Waals surface area (Å²) in [6.45, 7) is -0.252. The van der Waals surface area contributed by atoms with Gasteiger partial charge in [-0.1, -0.05) is 6.07 Å². The van der Waals surface area contributed by atoms with Gasteiger partial charge in [0.2, 0.25) is 0 Å². The van der Waals surface area contributed by atoms with Crippen molar-refractivity contribution in [1.29, 1.82) is 0 Å². The van der Waals surface area contributed by atoms with E-state index in [1.165, 1.54) is 18.2 Å². The summed E-state index contributed by atoms with van der Waals surface area (Å²) < 4.78 is 28.8. The number of carbonyl (C=O) groups is 1. The van der Waals surface area contributed by atoms with Crippen molar-refractivity contribution in [2.24, 2.45) is 0 Å². The summed E-state index contributed by atoms with van der Waals surface area (Å²) in [7, 11) is 0. The Bertz CT molecular complexity index is 1000. The number of ether oxygens (including phenoxy) is 1. The lowest BCUT2D eigenvalue weighted by molar-refractivity contribution is -0.0497. The first-order valence-electron chi connectivity index (χ1n) is 9.35. The van der Waals surface area contributed by atoms with Gasteiger partial charge in [0.15, 0.2) is 5.82 Å². The molecule has 0 atom stereocenters. The van der Waals surface area contributed by atoms with Gasteiger partial charge in [-0.15, -0.1) is 10.2 Å². The molecule has 31 heavy (non-hydrogen) atoms. The Labute approximate surface area is 177 Å². The van der Waals surface area contributed by atoms with Crippen LogP contribution in [0.4, 0.5) is 36.7 Å². The Hall–Kier alpha value is -4.02. The normalized spacial score (nSPS) is 10.5. The second-order valence-electron chi connectivity index (χ2n) is 6.36. The molecule has 162 valence electrons. The molecule has 11 heteroatoms. The van der Waals surface area contributed by atoms with E-state index in [0.29, 0.717) is 36.2 Å². The molecule has 3 aromatic rings. The molecule has 0 aliphatic rings. The lowest BCUT2D eigenvalue weighted by Crippen LogP contribution is -2.32. The highest BCUT2D eigenvalue weighted by Crippen LogP contribution is 2.19. The van der Waals surface area contributed by atoms with Crippen LogP contribution < -0.4 is 26.0 Å². The summed E-state index contributed by atoms with van der Waals surface area (Å²) in [5.41, 5.74) is 1.41. The largest absolute Gasteiger partial charge is 0.435 e. The lowest BCUT2D eigenvalue weighted by atomic mass is 10.3. The first-order chi connectivity index (χ1) is 15.0. The first-order valence-corrected chi connectivity index (χ1v) is 9.35. The maximum Gasteiger partial charge on any atom is 0.387 e. The molecule has 4 N–H and O–H groups in total. The third kappa shape index (κ3) is 7.38. The van der Waals surface area contributed by atoms with E-state index in [-0.39, 0.29) is 5.75 Å². The highest BCUT2D eigenvalue weighted by atomic mass is 19.3. The van der Waals surface area contributed by atoms with Crippen molar-refractivity contribution in [1.82, 2.24) is 20.5 Å². The molecule has 0 unspecified atom stereocenters. The molecule has 0 spiro atoms. The van der Waals surface area contributed by atoms with Crippen LogP contribution in [0.15, 0.2) is 54.7 Å². The number of halogens is 2. The molecular formula is C20H21F2N7O2. The minimum Gasteiger partial charge on any atom is -0.435 e. The Morgan fingerprint density at radius 3 is 2.58 bits per heavy atom. The van der Waals surface area contributed by atoms with Crippen LogP contribution in [0, 0.1) is 6.92 Å². The molecule has 0 aliphatic carbocycles. The average Bonchev–Trinajstić information content (AvgIpc) is 2.72. The fourth-order valence-electron chi connectivity index (χ4n) is 2.52. The summed E-state index contributed by atoms with van der Waals surface area (Å²) in [4.78, 5) is 16.1. The second kappa shape index (κ2) is 10.7. The number of alkyl halides is 2. The zero-order chi connectivity index (χ0) is 22.1. The first kappa shape index (κ1) is 21.7. The van der Waals surface area contributed by atoms with Crippen LogP contribution in [-0.4, -0.2) is 40.9 Å². The number of urea groups is 1. The minimum absolute atomic E-state index is 0.0378. The summed E-state index contributed by atoms with van der Waals surface area (Å²) in [5, 5.41) is 19.4. The average molecular weight is 429 g/mol. The molecule has 2 amide bonds. The number of rotatable bonds is 9. The number of anilines is 4. The summed E-state index contributed by atoms with van der Waals surface area (Å²) >= 11 is 0. The zero-order valence-corrected chi connectivity index (χ0v) is 16.6. The number of pyridine rings is 1. The fraction of sp³-hybridized carbons (Fsp3) is 0.200. The van der Waals surface area contributed by atoms with Crippen molar-refractivity contribution in [3.8, 4) is 5.75 Å². The third-order valence-corrected chi connectivity index (χ3v) is 3.87. The molecule has 0 aliphatic heterocycles. The van der Waals surface area contributed by atoms with Crippen molar-refractivity contribution in [3.63, 3.8) is 0 Å². The molecule has 0 bridgehead atoms. The van der Waals surface area contributed by atoms with E-state index in [9.17, 15) is 13.6 Å². The number of nitrogens with zero attached hydrogens (tertiary/aromatic N) is 3. The number of aryl methyl sites for hydroxylation is 1. The van der Waals surface area contributed by atoms with Crippen LogP contribution in [-0.2, 0) is 0 Å². The SMILES string of the molecule is Cc1ccnc(Nc2ccc(NCCNC(=O)Nc3cccc(OC(F)F)c3)nn2)c1. The second-order valence-corrected chi connectivity index (χ2v) is 6.36. The number of carbonyl (C=O) groups excluding carboxylic acids is 1. The Morgan fingerprint density at radius 2 is 1.84 bits per heavy atom. The number of aromatic nitrogens is 3. The smallest absolute Gasteiger partial charge is 0.387 e. The Kier molecular flexibility index (Phi) is 7.46. The molecule has 3 rings (SSSR count). The van der Waals surface area contributed by atoms with E-state index in [1.807, 2.05) is 19.1 Å². The van der Waals surface area contributed by atoms with Crippen LogP contribution in [0.5, 0.6) is 5.75 Å². The predicted octanol–water partition coefficient (Wildman–Crippen LogP) is 3.76. The highest BCUT2D eigenvalue weighted by Gasteiger charge is 2.06. The van der Waals surface area contributed by atoms with Gasteiger partial charge in [0.25, 0.3) is 0 Å². The predicted molar refractivity (Wildman–Crippen MR) is 113 cm³/mol. The van der Waals surface area contributed by atoms with Gasteiger partial charge in [-0.3, -0.25) is 0 Å². The zero-order valence-electron chi connectivity index (χ0n) is 16.6. The van der Waals surface area contributed by atoms with Crippen LogP contribution in [0.2, 0.25) is 0 Å². The summed E-state index contributed by atoms with van der Waals surface area (Å²) in [5.74, 6) is 1.74. The van der Waals surface area contributed by atoms with E-state index in [0.717, 1.165) is 5.56 Å². The molecular weight excluding hydrogens is 408 g/mol. The van der Waals surface area contributed by atoms with E-state index >= 15 is 0 Å². The molecule has 1 aromatic carbocycles. The van der Waals surface area contributed by atoms with Gasteiger partial charge in [0.1, 0.15) is 17.4 Å². The topological polar surface area (TPSA) is 113 Å². The molecule has 0 radical (unpaired) electrons. The number of hydrogen-bond donors (Lipinski definition) is 4. The number of amides is 2. The summed E-state index contributed by atoms with van der Waals surface area (Å²) in [6.07, 6.45) is 1.71. The van der Waals surface area contributed by atoms with E-state index < -0.39 is 12.6 Å². The molecule has 2 heterocycles. The summed E-state index contributed by atoms with van der Waals surface area (Å²) in [6, 6.07) is 12.6. The molecule has 0 saturated carbocycles. The van der Waals surface area contributed by atoms with Crippen molar-refractivity contribution < 1.29 is 18.3 Å². The van der Waals surface area contributed by atoms with Crippen molar-refractivity contribution in [3.05, 3.63) is 60.3 Å². The number of nitrogens with one attached hydrogen (secondary N) is 4. The van der Waals surface area contributed by atoms with Gasteiger partial charge in [-0.05, 0) is 48.9 Å². The maximum atomic E-state index is 12.3. The number of hydrogen-bond acceptors (Lipinski definition) is 7. The fourth-order valence-corrected chi connectivity index (χ4v) is 2.52. The van der Waals surface area contributed by atoms with Gasteiger partial charge in [0.05, 0.1) is 0 Å². The van der Waals surface area contributed by atoms with Gasteiger partial charge < -0.3 is 26.0 Å². The van der Waals surface area contributed by atoms with Crippen LogP contribution in [0.25, 0.3) is 0 Å². The molecule has 2 aromatic heterocycles. The Morgan fingerprint density at radius 1 is 1.03 bits per heavy atom. The Balaban J connectivity index is 1.39. The van der Waals surface area contributed by atoms with Crippen molar-refractivity contribution >= 4 is 29.2 Å². The molecule has 9 nitrogen and oxygen atoms in total. The van der Waals surface area contributed by atoms with Gasteiger partial charge in [-0.2, -0.15) is 8.78 Å². The monoisotopic (exact) mass is 429 g/mol. The van der Waals surface area contributed by atoms with Crippen LogP contribution >= 0.6 is 0 Å². The van der Waals surface area contributed by atoms with Crippen LogP contribution in [0.1, 0.15) is 5.56 Å². The van der Waals surface area contributed by atoms with Crippen LogP contribution in [0.3, 0.4) is 0 Å². The van der Waals surface area contributed by atoms with E-state index in [1.54, 1.807) is 24.4 Å². The van der Waals surface area contributed by atoms with Gasteiger partial charge >= 0.3 is 12.6 Å². The quantitative estimate of drug-likeness (QED) is 0.383. The van der Waals surface area contributed by atoms with Crippen molar-refractivity contribution in [2.45, 2.75) is 13.5 Å². The molecule has 0 fully saturated rings. The van der Waals surface area contributed by atoms with E-state index in [2.05, 4.69) is 41.2 Å². The number of benzene rings is 1. The third-order valence-electron chi connectivity index (χ3n) is 3.87. The highest BCUT2D eigenvalue weighted by molar-refractivity contribution is 5.89. The standard InChI is InChI=1S/C20H21F2N7O2/c1-13-7-8-23-18(11-13)27-17-6-5-16(28-29-17)24-9-10-25-20(30)26-14-3-2-4-15(12-14)31-19(21)22/h2-8,11-12,19H,9-10H2,1H3,(H,24,28)(H,23,27,29)(H2,25,26,30). The lowest BCUT2D eigenvalue weighted by Gasteiger charge is -2.10. The van der Waals surface area contributed by atoms with Crippen molar-refractivity contribution in [2.75, 3.05) is 29.0 Å². The maximum absolute atomic E-state index is 12.3. The van der Waals surface area contributed by atoms with E-state index in [4.69, 9.17) is 0 Å². The molecule has 0 saturated heterocycles. The van der Waals surface area contributed by atoms with Gasteiger partial charge in [0, 0.05) is 31.0 Å². The van der Waals surface area contributed by atoms with Gasteiger partial charge in [-0.25, -0.2) is 9.78 Å².